The molecule has 1 aliphatic heterocycles. The summed E-state index contributed by atoms with van der Waals surface area (Å²) in [5.41, 5.74) is 0.961. The summed E-state index contributed by atoms with van der Waals surface area (Å²) in [6.07, 6.45) is 7.58. The van der Waals surface area contributed by atoms with Crippen molar-refractivity contribution in [3.8, 4) is 0 Å². The van der Waals surface area contributed by atoms with Crippen molar-refractivity contribution in [2.24, 2.45) is 5.92 Å². The smallest absolute Gasteiger partial charge is 0.271 e. The zero-order valence-corrected chi connectivity index (χ0v) is 19.6. The standard InChI is InChI=1S/C24H35N3O2S/c1-5-18-13-19-21(30-18)14-20-22(28)27(12-11-16(2)3)24(4,15-26(19)20)23(29)25-17-9-7-6-8-10-17/h13-14,16-17H,5-12,15H2,1-4H3,(H,25,29). The van der Waals surface area contributed by atoms with Crippen molar-refractivity contribution < 1.29 is 9.59 Å². The molecule has 1 saturated carbocycles. The van der Waals surface area contributed by atoms with Crippen molar-refractivity contribution in [1.29, 1.82) is 0 Å². The number of carbonyl (C=O) groups excluding carboxylic acids is 2. The third-order valence-corrected chi connectivity index (χ3v) is 8.09. The number of fused-ring (bicyclic) bond motifs is 3. The highest BCUT2D eigenvalue weighted by Gasteiger charge is 2.48. The molecule has 1 fully saturated rings. The number of aromatic nitrogens is 1. The molecule has 1 atom stereocenters. The molecule has 30 heavy (non-hydrogen) atoms. The molecule has 2 amide bonds. The number of hydrogen-bond donors (Lipinski definition) is 1. The second kappa shape index (κ2) is 8.37. The summed E-state index contributed by atoms with van der Waals surface area (Å²) in [5, 5.41) is 3.31. The number of nitrogens with one attached hydrogen (secondary N) is 1. The van der Waals surface area contributed by atoms with Crippen LogP contribution in [0.2, 0.25) is 0 Å². The molecule has 1 aliphatic carbocycles. The lowest BCUT2D eigenvalue weighted by Gasteiger charge is -2.45. The van der Waals surface area contributed by atoms with E-state index in [2.05, 4.69) is 36.7 Å². The lowest BCUT2D eigenvalue weighted by Crippen LogP contribution is -2.65. The highest BCUT2D eigenvalue weighted by atomic mass is 32.1. The minimum atomic E-state index is -0.864. The predicted octanol–water partition coefficient (Wildman–Crippen LogP) is 4.97. The minimum absolute atomic E-state index is 0.00458. The Morgan fingerprint density at radius 2 is 2.00 bits per heavy atom. The number of aryl methyl sites for hydroxylation is 1. The first-order valence-corrected chi connectivity index (χ1v) is 12.4. The first-order chi connectivity index (χ1) is 14.3. The van der Waals surface area contributed by atoms with Gasteiger partial charge >= 0.3 is 0 Å². The first kappa shape index (κ1) is 21.4. The molecule has 6 heteroatoms. The fraction of sp³-hybridized carbons (Fsp3) is 0.667. The van der Waals surface area contributed by atoms with Gasteiger partial charge in [-0.15, -0.1) is 11.3 Å². The number of thiophene rings is 1. The number of hydrogen-bond acceptors (Lipinski definition) is 3. The quantitative estimate of drug-likeness (QED) is 0.704. The number of carbonyl (C=O) groups is 2. The van der Waals surface area contributed by atoms with Gasteiger partial charge in [-0.2, -0.15) is 0 Å². The topological polar surface area (TPSA) is 54.3 Å². The van der Waals surface area contributed by atoms with Crippen molar-refractivity contribution in [1.82, 2.24) is 14.8 Å². The summed E-state index contributed by atoms with van der Waals surface area (Å²) in [6, 6.07) is 4.46. The minimum Gasteiger partial charge on any atom is -0.351 e. The highest BCUT2D eigenvalue weighted by molar-refractivity contribution is 7.19. The van der Waals surface area contributed by atoms with Crippen LogP contribution in [-0.2, 0) is 17.8 Å². The fourth-order valence-electron chi connectivity index (χ4n) is 4.89. The van der Waals surface area contributed by atoms with Crippen molar-refractivity contribution in [3.63, 3.8) is 0 Å². The normalized spacial score (nSPS) is 22.7. The molecule has 1 unspecified atom stereocenters. The van der Waals surface area contributed by atoms with Gasteiger partial charge in [0, 0.05) is 17.5 Å². The molecule has 0 saturated heterocycles. The lowest BCUT2D eigenvalue weighted by atomic mass is 9.91. The summed E-state index contributed by atoms with van der Waals surface area (Å²) in [4.78, 5) is 30.4. The van der Waals surface area contributed by atoms with E-state index in [1.165, 1.54) is 24.1 Å². The summed E-state index contributed by atoms with van der Waals surface area (Å²) >= 11 is 1.76. The van der Waals surface area contributed by atoms with E-state index in [-0.39, 0.29) is 17.9 Å². The van der Waals surface area contributed by atoms with Gasteiger partial charge in [0.05, 0.1) is 16.8 Å². The van der Waals surface area contributed by atoms with Crippen molar-refractivity contribution in [2.75, 3.05) is 6.54 Å². The molecule has 164 valence electrons. The average molecular weight is 430 g/mol. The van der Waals surface area contributed by atoms with Gasteiger partial charge in [0.2, 0.25) is 5.91 Å². The fourth-order valence-corrected chi connectivity index (χ4v) is 5.93. The third-order valence-electron chi connectivity index (χ3n) is 6.87. The van der Waals surface area contributed by atoms with E-state index in [1.807, 2.05) is 17.9 Å². The summed E-state index contributed by atoms with van der Waals surface area (Å²) < 4.78 is 3.25. The van der Waals surface area contributed by atoms with Gasteiger partial charge in [-0.1, -0.05) is 40.0 Å². The monoisotopic (exact) mass is 429 g/mol. The maximum Gasteiger partial charge on any atom is 0.271 e. The second-order valence-corrected chi connectivity index (χ2v) is 10.8. The molecule has 2 aromatic heterocycles. The van der Waals surface area contributed by atoms with Crippen LogP contribution in [0, 0.1) is 5.92 Å². The number of amides is 2. The van der Waals surface area contributed by atoms with Crippen LogP contribution in [0.25, 0.3) is 10.2 Å². The molecular formula is C24H35N3O2S. The van der Waals surface area contributed by atoms with E-state index < -0.39 is 5.54 Å². The van der Waals surface area contributed by atoms with Gasteiger partial charge in [0.25, 0.3) is 5.91 Å². The molecule has 0 bridgehead atoms. The molecule has 2 aliphatic rings. The molecule has 2 aromatic rings. The van der Waals surface area contributed by atoms with Crippen LogP contribution in [0.5, 0.6) is 0 Å². The first-order valence-electron chi connectivity index (χ1n) is 11.6. The third kappa shape index (κ3) is 3.79. The molecule has 0 spiro atoms. The van der Waals surface area contributed by atoms with E-state index in [1.54, 1.807) is 11.3 Å². The molecular weight excluding hydrogens is 394 g/mol. The van der Waals surface area contributed by atoms with Crippen LogP contribution in [0.3, 0.4) is 0 Å². The van der Waals surface area contributed by atoms with E-state index in [9.17, 15) is 9.59 Å². The van der Waals surface area contributed by atoms with Crippen molar-refractivity contribution >= 4 is 33.4 Å². The number of rotatable bonds is 6. The summed E-state index contributed by atoms with van der Waals surface area (Å²) in [7, 11) is 0. The second-order valence-electron chi connectivity index (χ2n) is 9.65. The van der Waals surface area contributed by atoms with E-state index in [0.717, 1.165) is 41.6 Å². The van der Waals surface area contributed by atoms with Crippen LogP contribution >= 0.6 is 11.3 Å². The zero-order valence-electron chi connectivity index (χ0n) is 18.8. The van der Waals surface area contributed by atoms with E-state index in [0.29, 0.717) is 19.0 Å². The van der Waals surface area contributed by atoms with Gasteiger partial charge in [0.15, 0.2) is 0 Å². The van der Waals surface area contributed by atoms with E-state index >= 15 is 0 Å². The van der Waals surface area contributed by atoms with Crippen molar-refractivity contribution in [3.05, 3.63) is 22.7 Å². The Labute approximate surface area is 183 Å². The van der Waals surface area contributed by atoms with Crippen LogP contribution in [0.4, 0.5) is 0 Å². The van der Waals surface area contributed by atoms with Gasteiger partial charge in [-0.05, 0) is 50.7 Å². The van der Waals surface area contributed by atoms with Crippen LogP contribution in [0.15, 0.2) is 12.1 Å². The maximum atomic E-state index is 13.6. The van der Waals surface area contributed by atoms with Gasteiger partial charge in [-0.3, -0.25) is 9.59 Å². The molecule has 3 heterocycles. The Morgan fingerprint density at radius 3 is 2.67 bits per heavy atom. The summed E-state index contributed by atoms with van der Waals surface area (Å²) in [6.45, 7) is 9.59. The Kier molecular flexibility index (Phi) is 5.97. The molecule has 4 rings (SSSR count). The van der Waals surface area contributed by atoms with Crippen molar-refractivity contribution in [2.45, 2.75) is 90.8 Å². The maximum absolute atomic E-state index is 13.6. The van der Waals surface area contributed by atoms with E-state index in [4.69, 9.17) is 0 Å². The van der Waals surface area contributed by atoms with Crippen LogP contribution in [0.1, 0.15) is 81.6 Å². The predicted molar refractivity (Wildman–Crippen MR) is 123 cm³/mol. The SMILES string of the molecule is CCc1cc2c(cc3n2CC(C)(C(=O)NC2CCCCC2)N(CCC(C)C)C3=O)s1. The average Bonchev–Trinajstić information content (AvgIpc) is 3.27. The summed E-state index contributed by atoms with van der Waals surface area (Å²) in [5.74, 6) is 0.474. The zero-order chi connectivity index (χ0) is 21.5. The van der Waals surface area contributed by atoms with Gasteiger partial charge < -0.3 is 14.8 Å². The number of nitrogens with zero attached hydrogens (tertiary/aromatic N) is 2. The molecule has 5 nitrogen and oxygen atoms in total. The lowest BCUT2D eigenvalue weighted by molar-refractivity contribution is -0.133. The van der Waals surface area contributed by atoms with Crippen LogP contribution in [-0.4, -0.2) is 39.4 Å². The Balaban J connectivity index is 1.69. The van der Waals surface area contributed by atoms with Crippen LogP contribution < -0.4 is 5.32 Å². The Morgan fingerprint density at radius 1 is 1.27 bits per heavy atom. The molecule has 0 aromatic carbocycles. The Hall–Kier alpha value is -1.82. The highest BCUT2D eigenvalue weighted by Crippen LogP contribution is 2.36. The molecule has 1 N–H and O–H groups in total. The van der Waals surface area contributed by atoms with Gasteiger partial charge in [0.1, 0.15) is 11.2 Å². The Bertz CT molecular complexity index is 938. The molecule has 0 radical (unpaired) electrons. The largest absolute Gasteiger partial charge is 0.351 e. The van der Waals surface area contributed by atoms with Gasteiger partial charge in [-0.25, -0.2) is 0 Å².